The van der Waals surface area contributed by atoms with Gasteiger partial charge >= 0.3 is 0 Å². The summed E-state index contributed by atoms with van der Waals surface area (Å²) in [6.07, 6.45) is 3.30. The van der Waals surface area contributed by atoms with Gasteiger partial charge in [-0.3, -0.25) is 4.90 Å². The fourth-order valence-electron chi connectivity index (χ4n) is 1.87. The summed E-state index contributed by atoms with van der Waals surface area (Å²) in [5.74, 6) is 0. The molecule has 1 atom stereocenters. The van der Waals surface area contributed by atoms with E-state index in [0.29, 0.717) is 6.54 Å². The van der Waals surface area contributed by atoms with Gasteiger partial charge in [-0.1, -0.05) is 0 Å². The van der Waals surface area contributed by atoms with Gasteiger partial charge in [0.05, 0.1) is 22.4 Å². The van der Waals surface area contributed by atoms with E-state index in [2.05, 4.69) is 25.2 Å². The fourth-order valence-corrected chi connectivity index (χ4v) is 2.47. The van der Waals surface area contributed by atoms with Gasteiger partial charge in [-0.25, -0.2) is 15.0 Å². The number of hydrogen-bond acceptors (Lipinski definition) is 6. The van der Waals surface area contributed by atoms with E-state index < -0.39 is 0 Å². The number of thiazole rings is 1. The van der Waals surface area contributed by atoms with Gasteiger partial charge in [0, 0.05) is 24.7 Å². The van der Waals surface area contributed by atoms with E-state index in [1.54, 1.807) is 23.9 Å². The standard InChI is InChI=1S/C12H17N5S/c1-9-16-10(7-18-9)6-17(2)12(5-13)11-3-4-14-8-15-11/h3-4,7-8,12H,5-6,13H2,1-2H3. The smallest absolute Gasteiger partial charge is 0.115 e. The lowest BCUT2D eigenvalue weighted by Gasteiger charge is -2.25. The van der Waals surface area contributed by atoms with Crippen molar-refractivity contribution >= 4 is 11.3 Å². The Kier molecular flexibility index (Phi) is 4.35. The summed E-state index contributed by atoms with van der Waals surface area (Å²) in [5, 5.41) is 3.17. The third kappa shape index (κ3) is 3.10. The zero-order valence-corrected chi connectivity index (χ0v) is 11.4. The summed E-state index contributed by atoms with van der Waals surface area (Å²) in [6, 6.07) is 2.00. The van der Waals surface area contributed by atoms with Crippen LogP contribution in [0.25, 0.3) is 0 Å². The Bertz CT molecular complexity index is 484. The van der Waals surface area contributed by atoms with Crippen molar-refractivity contribution in [3.63, 3.8) is 0 Å². The third-order valence-electron chi connectivity index (χ3n) is 2.78. The number of nitrogens with zero attached hydrogens (tertiary/aromatic N) is 4. The molecule has 2 rings (SSSR count). The summed E-state index contributed by atoms with van der Waals surface area (Å²) < 4.78 is 0. The first-order chi connectivity index (χ1) is 8.70. The lowest BCUT2D eigenvalue weighted by atomic mass is 10.1. The number of rotatable bonds is 5. The Hall–Kier alpha value is -1.37. The molecule has 0 radical (unpaired) electrons. The molecule has 0 aliphatic rings. The summed E-state index contributed by atoms with van der Waals surface area (Å²) in [5.41, 5.74) is 7.87. The lowest BCUT2D eigenvalue weighted by molar-refractivity contribution is 0.235. The maximum Gasteiger partial charge on any atom is 0.115 e. The van der Waals surface area contributed by atoms with E-state index in [1.807, 2.05) is 20.0 Å². The maximum atomic E-state index is 5.84. The predicted molar refractivity (Wildman–Crippen MR) is 72.1 cm³/mol. The highest BCUT2D eigenvalue weighted by molar-refractivity contribution is 7.09. The molecule has 6 heteroatoms. The van der Waals surface area contributed by atoms with Gasteiger partial charge in [-0.05, 0) is 20.0 Å². The second kappa shape index (κ2) is 5.99. The third-order valence-corrected chi connectivity index (χ3v) is 3.60. The van der Waals surface area contributed by atoms with E-state index in [1.165, 1.54) is 0 Å². The van der Waals surface area contributed by atoms with E-state index in [0.717, 1.165) is 22.9 Å². The van der Waals surface area contributed by atoms with Crippen LogP contribution in [0.3, 0.4) is 0 Å². The summed E-state index contributed by atoms with van der Waals surface area (Å²) in [7, 11) is 2.04. The fraction of sp³-hybridized carbons (Fsp3) is 0.417. The average molecular weight is 263 g/mol. The second-order valence-corrected chi connectivity index (χ2v) is 5.22. The molecule has 2 heterocycles. The zero-order chi connectivity index (χ0) is 13.0. The normalized spacial score (nSPS) is 12.9. The first-order valence-electron chi connectivity index (χ1n) is 5.78. The molecule has 0 saturated carbocycles. The van der Waals surface area contributed by atoms with Gasteiger partial charge in [0.15, 0.2) is 0 Å². The monoisotopic (exact) mass is 263 g/mol. The van der Waals surface area contributed by atoms with Gasteiger partial charge in [-0.15, -0.1) is 11.3 Å². The van der Waals surface area contributed by atoms with Crippen molar-refractivity contribution in [3.8, 4) is 0 Å². The first-order valence-corrected chi connectivity index (χ1v) is 6.66. The Morgan fingerprint density at radius 1 is 1.50 bits per heavy atom. The van der Waals surface area contributed by atoms with Gasteiger partial charge in [-0.2, -0.15) is 0 Å². The van der Waals surface area contributed by atoms with Crippen molar-refractivity contribution in [1.82, 2.24) is 19.9 Å². The Morgan fingerprint density at radius 3 is 2.89 bits per heavy atom. The predicted octanol–water partition coefficient (Wildman–Crippen LogP) is 1.37. The van der Waals surface area contributed by atoms with Crippen LogP contribution in [0.1, 0.15) is 22.4 Å². The largest absolute Gasteiger partial charge is 0.329 e. The first kappa shape index (κ1) is 13.1. The molecule has 0 aliphatic heterocycles. The van der Waals surface area contributed by atoms with Crippen molar-refractivity contribution < 1.29 is 0 Å². The van der Waals surface area contributed by atoms with Crippen molar-refractivity contribution in [2.45, 2.75) is 19.5 Å². The highest BCUT2D eigenvalue weighted by atomic mass is 32.1. The summed E-state index contributed by atoms with van der Waals surface area (Å²) in [4.78, 5) is 14.8. The minimum atomic E-state index is 0.0926. The SMILES string of the molecule is Cc1nc(CN(C)C(CN)c2ccncn2)cs1. The van der Waals surface area contributed by atoms with Crippen LogP contribution in [-0.2, 0) is 6.54 Å². The molecule has 18 heavy (non-hydrogen) atoms. The molecule has 2 aromatic heterocycles. The summed E-state index contributed by atoms with van der Waals surface area (Å²) >= 11 is 1.67. The van der Waals surface area contributed by atoms with E-state index >= 15 is 0 Å². The van der Waals surface area contributed by atoms with Crippen LogP contribution in [0.15, 0.2) is 24.0 Å². The molecule has 0 bridgehead atoms. The molecule has 0 spiro atoms. The minimum absolute atomic E-state index is 0.0926. The Balaban J connectivity index is 2.08. The molecule has 0 amide bonds. The molecule has 0 fully saturated rings. The molecular weight excluding hydrogens is 246 g/mol. The highest BCUT2D eigenvalue weighted by Crippen LogP contribution is 2.18. The van der Waals surface area contributed by atoms with E-state index in [9.17, 15) is 0 Å². The van der Waals surface area contributed by atoms with Gasteiger partial charge in [0.1, 0.15) is 6.33 Å². The van der Waals surface area contributed by atoms with Crippen molar-refractivity contribution in [2.75, 3.05) is 13.6 Å². The second-order valence-electron chi connectivity index (χ2n) is 4.16. The number of aromatic nitrogens is 3. The molecule has 2 N–H and O–H groups in total. The molecule has 0 aliphatic carbocycles. The van der Waals surface area contributed by atoms with Crippen molar-refractivity contribution in [2.24, 2.45) is 5.73 Å². The number of hydrogen-bond donors (Lipinski definition) is 1. The number of nitrogens with two attached hydrogens (primary N) is 1. The quantitative estimate of drug-likeness (QED) is 0.882. The lowest BCUT2D eigenvalue weighted by Crippen LogP contribution is -2.31. The molecular formula is C12H17N5S. The molecule has 2 aromatic rings. The molecule has 0 aromatic carbocycles. The van der Waals surface area contributed by atoms with Gasteiger partial charge in [0.25, 0.3) is 0 Å². The van der Waals surface area contributed by atoms with Crippen LogP contribution < -0.4 is 5.73 Å². The maximum absolute atomic E-state index is 5.84. The van der Waals surface area contributed by atoms with Crippen LogP contribution in [-0.4, -0.2) is 33.4 Å². The Morgan fingerprint density at radius 2 is 2.33 bits per heavy atom. The minimum Gasteiger partial charge on any atom is -0.329 e. The van der Waals surface area contributed by atoms with E-state index in [-0.39, 0.29) is 6.04 Å². The Labute approximate surface area is 111 Å². The van der Waals surface area contributed by atoms with Crippen LogP contribution >= 0.6 is 11.3 Å². The zero-order valence-electron chi connectivity index (χ0n) is 10.6. The topological polar surface area (TPSA) is 67.9 Å². The molecule has 0 saturated heterocycles. The van der Waals surface area contributed by atoms with Gasteiger partial charge in [0.2, 0.25) is 0 Å². The summed E-state index contributed by atoms with van der Waals surface area (Å²) in [6.45, 7) is 3.31. The van der Waals surface area contributed by atoms with E-state index in [4.69, 9.17) is 5.73 Å². The average Bonchev–Trinajstić information content (AvgIpc) is 2.77. The molecule has 5 nitrogen and oxygen atoms in total. The van der Waals surface area contributed by atoms with Crippen molar-refractivity contribution in [3.05, 3.63) is 40.4 Å². The van der Waals surface area contributed by atoms with Crippen molar-refractivity contribution in [1.29, 1.82) is 0 Å². The van der Waals surface area contributed by atoms with Crippen LogP contribution in [0.4, 0.5) is 0 Å². The number of aryl methyl sites for hydroxylation is 1. The molecule has 1 unspecified atom stereocenters. The van der Waals surface area contributed by atoms with Crippen LogP contribution in [0.2, 0.25) is 0 Å². The highest BCUT2D eigenvalue weighted by Gasteiger charge is 2.17. The molecule has 96 valence electrons. The van der Waals surface area contributed by atoms with Gasteiger partial charge < -0.3 is 5.73 Å². The van der Waals surface area contributed by atoms with Crippen LogP contribution in [0.5, 0.6) is 0 Å². The van der Waals surface area contributed by atoms with Crippen LogP contribution in [0, 0.1) is 6.92 Å². The number of likely N-dealkylation sites (N-methyl/N-ethyl adjacent to an activating group) is 1.